The van der Waals surface area contributed by atoms with Gasteiger partial charge in [0.05, 0.1) is 12.1 Å². The third-order valence-corrected chi connectivity index (χ3v) is 4.06. The molecule has 1 heterocycles. The van der Waals surface area contributed by atoms with Crippen molar-refractivity contribution in [2.75, 3.05) is 53.5 Å². The number of benzene rings is 1. The van der Waals surface area contributed by atoms with Gasteiger partial charge in [-0.1, -0.05) is 11.6 Å². The Hall–Kier alpha value is -1.01. The zero-order chi connectivity index (χ0) is 15.2. The van der Waals surface area contributed by atoms with Crippen molar-refractivity contribution < 1.29 is 9.47 Å². The second kappa shape index (κ2) is 7.84. The predicted octanol–water partition coefficient (Wildman–Crippen LogP) is 1.43. The quantitative estimate of drug-likeness (QED) is 0.861. The monoisotopic (exact) mass is 313 g/mol. The highest BCUT2D eigenvalue weighted by molar-refractivity contribution is 6.32. The molecule has 0 unspecified atom stereocenters. The van der Waals surface area contributed by atoms with E-state index >= 15 is 0 Å². The van der Waals surface area contributed by atoms with Gasteiger partial charge >= 0.3 is 0 Å². The van der Waals surface area contributed by atoms with Gasteiger partial charge in [-0.3, -0.25) is 4.90 Å². The van der Waals surface area contributed by atoms with E-state index in [-0.39, 0.29) is 0 Å². The van der Waals surface area contributed by atoms with E-state index in [9.17, 15) is 0 Å². The zero-order valence-electron chi connectivity index (χ0n) is 12.8. The van der Waals surface area contributed by atoms with Gasteiger partial charge in [-0.05, 0) is 24.7 Å². The lowest BCUT2D eigenvalue weighted by Crippen LogP contribution is -2.45. The SMILES string of the molecule is COc1cc(CN)cc(Cl)c1OCCN1CCN(C)CC1. The number of likely N-dealkylation sites (N-methyl/N-ethyl adjacent to an activating group) is 1. The maximum atomic E-state index is 6.25. The molecule has 1 aromatic carbocycles. The van der Waals surface area contributed by atoms with Gasteiger partial charge in [0.25, 0.3) is 0 Å². The topological polar surface area (TPSA) is 51.0 Å². The maximum absolute atomic E-state index is 6.25. The molecule has 118 valence electrons. The number of methoxy groups -OCH3 is 1. The van der Waals surface area contributed by atoms with Crippen LogP contribution in [0.4, 0.5) is 0 Å². The maximum Gasteiger partial charge on any atom is 0.179 e. The van der Waals surface area contributed by atoms with Crippen molar-refractivity contribution in [3.63, 3.8) is 0 Å². The summed E-state index contributed by atoms with van der Waals surface area (Å²) in [6.45, 7) is 6.30. The van der Waals surface area contributed by atoms with Crippen molar-refractivity contribution in [2.24, 2.45) is 5.73 Å². The van der Waals surface area contributed by atoms with Crippen LogP contribution in [0.5, 0.6) is 11.5 Å². The number of nitrogens with two attached hydrogens (primary N) is 1. The van der Waals surface area contributed by atoms with E-state index in [1.54, 1.807) is 7.11 Å². The number of ether oxygens (including phenoxy) is 2. The van der Waals surface area contributed by atoms with Crippen molar-refractivity contribution in [1.82, 2.24) is 9.80 Å². The summed E-state index contributed by atoms with van der Waals surface area (Å²) in [6, 6.07) is 3.70. The molecule has 0 atom stereocenters. The zero-order valence-corrected chi connectivity index (χ0v) is 13.5. The Bertz CT molecular complexity index is 462. The Morgan fingerprint density at radius 1 is 1.24 bits per heavy atom. The smallest absolute Gasteiger partial charge is 0.179 e. The molecule has 1 fully saturated rings. The van der Waals surface area contributed by atoms with Crippen LogP contribution in [0.1, 0.15) is 5.56 Å². The molecule has 2 N–H and O–H groups in total. The molecule has 0 bridgehead atoms. The van der Waals surface area contributed by atoms with Gasteiger partial charge in [0, 0.05) is 39.3 Å². The van der Waals surface area contributed by atoms with Crippen LogP contribution in [0.25, 0.3) is 0 Å². The highest BCUT2D eigenvalue weighted by atomic mass is 35.5. The summed E-state index contributed by atoms with van der Waals surface area (Å²) in [4.78, 5) is 4.73. The average Bonchev–Trinajstić information content (AvgIpc) is 2.50. The van der Waals surface area contributed by atoms with E-state index in [2.05, 4.69) is 16.8 Å². The largest absolute Gasteiger partial charge is 0.493 e. The highest BCUT2D eigenvalue weighted by Crippen LogP contribution is 2.36. The van der Waals surface area contributed by atoms with Crippen molar-refractivity contribution in [1.29, 1.82) is 0 Å². The van der Waals surface area contributed by atoms with E-state index in [1.807, 2.05) is 12.1 Å². The lowest BCUT2D eigenvalue weighted by atomic mass is 10.2. The first-order valence-corrected chi connectivity index (χ1v) is 7.62. The first-order valence-electron chi connectivity index (χ1n) is 7.24. The standard InChI is InChI=1S/C15H24ClN3O2/c1-18-3-5-19(6-4-18)7-8-21-15-13(16)9-12(11-17)10-14(15)20-2/h9-10H,3-8,11,17H2,1-2H3. The normalized spacial score (nSPS) is 17.0. The van der Waals surface area contributed by atoms with Gasteiger partial charge in [0.1, 0.15) is 6.61 Å². The van der Waals surface area contributed by atoms with E-state index in [4.69, 9.17) is 26.8 Å². The molecule has 6 heteroatoms. The van der Waals surface area contributed by atoms with Crippen LogP contribution < -0.4 is 15.2 Å². The first kappa shape index (κ1) is 16.4. The lowest BCUT2D eigenvalue weighted by Gasteiger charge is -2.32. The van der Waals surface area contributed by atoms with E-state index in [0.717, 1.165) is 38.3 Å². The number of piperazine rings is 1. The Labute approximate surface area is 131 Å². The van der Waals surface area contributed by atoms with Gasteiger partial charge in [0.15, 0.2) is 11.5 Å². The fourth-order valence-corrected chi connectivity index (χ4v) is 2.67. The molecule has 1 saturated heterocycles. The third-order valence-electron chi connectivity index (χ3n) is 3.77. The van der Waals surface area contributed by atoms with Gasteiger partial charge in [-0.15, -0.1) is 0 Å². The summed E-state index contributed by atoms with van der Waals surface area (Å²) >= 11 is 6.25. The minimum atomic E-state index is 0.428. The Balaban J connectivity index is 1.90. The van der Waals surface area contributed by atoms with Gasteiger partial charge in [-0.2, -0.15) is 0 Å². The molecule has 5 nitrogen and oxygen atoms in total. The van der Waals surface area contributed by atoms with Gasteiger partial charge < -0.3 is 20.1 Å². The molecule has 0 aliphatic carbocycles. The molecule has 0 aromatic heterocycles. The Morgan fingerprint density at radius 3 is 2.57 bits per heavy atom. The van der Waals surface area contributed by atoms with Crippen LogP contribution in [0, 0.1) is 0 Å². The number of nitrogens with zero attached hydrogens (tertiary/aromatic N) is 2. The van der Waals surface area contributed by atoms with Crippen molar-refractivity contribution in [3.05, 3.63) is 22.7 Å². The fraction of sp³-hybridized carbons (Fsp3) is 0.600. The second-order valence-corrected chi connectivity index (χ2v) is 5.71. The lowest BCUT2D eigenvalue weighted by molar-refractivity contribution is 0.133. The molecule has 0 radical (unpaired) electrons. The molecule has 1 aromatic rings. The minimum absolute atomic E-state index is 0.428. The molecular weight excluding hydrogens is 290 g/mol. The fourth-order valence-electron chi connectivity index (χ4n) is 2.38. The van der Waals surface area contributed by atoms with E-state index < -0.39 is 0 Å². The molecule has 0 spiro atoms. The van der Waals surface area contributed by atoms with Gasteiger partial charge in [0.2, 0.25) is 0 Å². The molecule has 21 heavy (non-hydrogen) atoms. The molecule has 2 rings (SSSR count). The van der Waals surface area contributed by atoms with E-state index in [0.29, 0.717) is 29.7 Å². The summed E-state index contributed by atoms with van der Waals surface area (Å²) < 4.78 is 11.2. The van der Waals surface area contributed by atoms with Crippen LogP contribution >= 0.6 is 11.6 Å². The number of halogens is 1. The molecule has 0 saturated carbocycles. The van der Waals surface area contributed by atoms with Crippen molar-refractivity contribution in [3.8, 4) is 11.5 Å². The third kappa shape index (κ3) is 4.48. The highest BCUT2D eigenvalue weighted by Gasteiger charge is 2.15. The summed E-state index contributed by atoms with van der Waals surface area (Å²) in [5.41, 5.74) is 6.57. The van der Waals surface area contributed by atoms with Gasteiger partial charge in [-0.25, -0.2) is 0 Å². The van der Waals surface area contributed by atoms with Crippen LogP contribution in [0.3, 0.4) is 0 Å². The number of hydrogen-bond acceptors (Lipinski definition) is 5. The number of rotatable bonds is 6. The molecular formula is C15H24ClN3O2. The van der Waals surface area contributed by atoms with Crippen molar-refractivity contribution >= 4 is 11.6 Å². The molecule has 0 amide bonds. The summed E-state index contributed by atoms with van der Waals surface area (Å²) in [6.07, 6.45) is 0. The molecule has 1 aliphatic heterocycles. The predicted molar refractivity (Wildman–Crippen MR) is 85.3 cm³/mol. The number of hydrogen-bond donors (Lipinski definition) is 1. The van der Waals surface area contributed by atoms with Crippen LogP contribution in [-0.2, 0) is 6.54 Å². The Morgan fingerprint density at radius 2 is 1.95 bits per heavy atom. The average molecular weight is 314 g/mol. The Kier molecular flexibility index (Phi) is 6.11. The molecule has 1 aliphatic rings. The summed E-state index contributed by atoms with van der Waals surface area (Å²) in [5.74, 6) is 1.24. The summed E-state index contributed by atoms with van der Waals surface area (Å²) in [7, 11) is 3.76. The van der Waals surface area contributed by atoms with Crippen LogP contribution in [0.15, 0.2) is 12.1 Å². The van der Waals surface area contributed by atoms with E-state index in [1.165, 1.54) is 0 Å². The van der Waals surface area contributed by atoms with Crippen molar-refractivity contribution in [2.45, 2.75) is 6.54 Å². The second-order valence-electron chi connectivity index (χ2n) is 5.31. The minimum Gasteiger partial charge on any atom is -0.493 e. The first-order chi connectivity index (χ1) is 10.1. The van der Waals surface area contributed by atoms with Crippen LogP contribution in [-0.4, -0.2) is 63.3 Å². The summed E-state index contributed by atoms with van der Waals surface area (Å²) in [5, 5.41) is 0.549. The van der Waals surface area contributed by atoms with Crippen LogP contribution in [0.2, 0.25) is 5.02 Å².